The lowest BCUT2D eigenvalue weighted by Crippen LogP contribution is -2.39. The van der Waals surface area contributed by atoms with Gasteiger partial charge in [-0.25, -0.2) is 12.8 Å². The van der Waals surface area contributed by atoms with Gasteiger partial charge in [-0.2, -0.15) is 0 Å². The number of amides is 1. The second kappa shape index (κ2) is 7.71. The lowest BCUT2D eigenvalue weighted by atomic mass is 10.0. The Bertz CT molecular complexity index is 1030. The zero-order valence-electron chi connectivity index (χ0n) is 15.9. The molecule has 1 aliphatic heterocycles. The van der Waals surface area contributed by atoms with Crippen LogP contribution in [0.1, 0.15) is 25.0 Å². The van der Waals surface area contributed by atoms with E-state index >= 15 is 0 Å². The summed E-state index contributed by atoms with van der Waals surface area (Å²) < 4.78 is 40.4. The number of sulfonamides is 1. The highest BCUT2D eigenvalue weighted by Crippen LogP contribution is 2.24. The highest BCUT2D eigenvalue weighted by Gasteiger charge is 2.33. The first-order valence-corrected chi connectivity index (χ1v) is 10.4. The van der Waals surface area contributed by atoms with Crippen LogP contribution in [-0.2, 0) is 21.4 Å². The van der Waals surface area contributed by atoms with E-state index in [0.717, 1.165) is 0 Å². The number of likely N-dealkylation sites (N-methyl/N-ethyl adjacent to an activating group) is 1. The molecule has 0 unspecified atom stereocenters. The molecule has 0 saturated heterocycles. The summed E-state index contributed by atoms with van der Waals surface area (Å²) in [6, 6.07) is 11.8. The van der Waals surface area contributed by atoms with Crippen molar-refractivity contribution in [3.05, 3.63) is 65.5 Å². The third-order valence-corrected chi connectivity index (χ3v) is 5.90. The summed E-state index contributed by atoms with van der Waals surface area (Å²) in [4.78, 5) is 19.1. The average Bonchev–Trinajstić information content (AvgIpc) is 2.89. The van der Waals surface area contributed by atoms with E-state index in [2.05, 4.69) is 9.71 Å². The van der Waals surface area contributed by atoms with Crippen LogP contribution in [-0.4, -0.2) is 38.2 Å². The largest absolute Gasteiger partial charge is 0.340 e. The molecule has 1 amide bonds. The number of hydrogen-bond acceptors (Lipinski definition) is 4. The molecule has 0 saturated carbocycles. The minimum atomic E-state index is -3.67. The standard InChI is InChI=1S/C20H22FN3O3S/c1-13(2)18(20(25)24(3)12-14-7-6-8-15(21)11-14)22-19-16-9-4-5-10-17(16)28(26,27)23-19/h4-11,13,18H,12H2,1-3H3,(H,22,23)/t18-/m0/s1. The molecule has 3 rings (SSSR count). The van der Waals surface area contributed by atoms with Gasteiger partial charge in [-0.15, -0.1) is 0 Å². The molecular formula is C20H22FN3O3S. The Morgan fingerprint density at radius 3 is 2.57 bits per heavy atom. The van der Waals surface area contributed by atoms with E-state index in [-0.39, 0.29) is 34.9 Å². The Morgan fingerprint density at radius 2 is 1.89 bits per heavy atom. The van der Waals surface area contributed by atoms with Crippen LogP contribution in [0.5, 0.6) is 0 Å². The van der Waals surface area contributed by atoms with E-state index in [0.29, 0.717) is 11.1 Å². The highest BCUT2D eigenvalue weighted by molar-refractivity contribution is 7.90. The number of hydrogen-bond donors (Lipinski definition) is 1. The second-order valence-corrected chi connectivity index (χ2v) is 8.74. The van der Waals surface area contributed by atoms with Gasteiger partial charge in [-0.1, -0.05) is 38.1 Å². The second-order valence-electron chi connectivity index (χ2n) is 7.09. The molecule has 0 spiro atoms. The van der Waals surface area contributed by atoms with E-state index in [1.54, 1.807) is 37.4 Å². The van der Waals surface area contributed by atoms with Crippen LogP contribution >= 0.6 is 0 Å². The first kappa shape index (κ1) is 20.0. The number of amidine groups is 1. The summed E-state index contributed by atoms with van der Waals surface area (Å²) in [7, 11) is -2.05. The average molecular weight is 403 g/mol. The predicted octanol–water partition coefficient (Wildman–Crippen LogP) is 2.55. The quantitative estimate of drug-likeness (QED) is 0.833. The fraction of sp³-hybridized carbons (Fsp3) is 0.300. The van der Waals surface area contributed by atoms with Crippen LogP contribution in [0.2, 0.25) is 0 Å². The van der Waals surface area contributed by atoms with E-state index in [1.807, 2.05) is 13.8 Å². The maximum absolute atomic E-state index is 13.4. The fourth-order valence-electron chi connectivity index (χ4n) is 3.07. The molecule has 28 heavy (non-hydrogen) atoms. The van der Waals surface area contributed by atoms with Gasteiger partial charge in [0.25, 0.3) is 10.0 Å². The molecular weight excluding hydrogens is 381 g/mol. The molecule has 0 radical (unpaired) electrons. The molecule has 1 aliphatic rings. The van der Waals surface area contributed by atoms with Crippen molar-refractivity contribution in [2.75, 3.05) is 7.05 Å². The van der Waals surface area contributed by atoms with Crippen LogP contribution in [0.3, 0.4) is 0 Å². The molecule has 0 aliphatic carbocycles. The first-order chi connectivity index (χ1) is 13.2. The number of carbonyl (C=O) groups excluding carboxylic acids is 1. The number of nitrogens with zero attached hydrogens (tertiary/aromatic N) is 2. The van der Waals surface area contributed by atoms with Crippen molar-refractivity contribution in [2.45, 2.75) is 31.3 Å². The van der Waals surface area contributed by atoms with E-state index in [1.165, 1.54) is 23.1 Å². The van der Waals surface area contributed by atoms with Crippen LogP contribution in [0.25, 0.3) is 0 Å². The Labute approximate surface area is 164 Å². The normalized spacial score (nSPS) is 17.2. The summed E-state index contributed by atoms with van der Waals surface area (Å²) in [5.74, 6) is -0.625. The number of nitrogens with one attached hydrogen (secondary N) is 1. The summed E-state index contributed by atoms with van der Waals surface area (Å²) in [6.07, 6.45) is 0. The van der Waals surface area contributed by atoms with Gasteiger partial charge in [-0.05, 0) is 35.7 Å². The molecule has 148 valence electrons. The van der Waals surface area contributed by atoms with Crippen LogP contribution in [0, 0.1) is 11.7 Å². The summed E-state index contributed by atoms with van der Waals surface area (Å²) in [6.45, 7) is 3.92. The molecule has 1 heterocycles. The Balaban J connectivity index is 1.88. The summed E-state index contributed by atoms with van der Waals surface area (Å²) in [5.41, 5.74) is 1.12. The predicted molar refractivity (Wildman–Crippen MR) is 105 cm³/mol. The molecule has 8 heteroatoms. The van der Waals surface area contributed by atoms with E-state index < -0.39 is 16.1 Å². The van der Waals surface area contributed by atoms with E-state index in [4.69, 9.17) is 0 Å². The third-order valence-electron chi connectivity index (χ3n) is 4.50. The minimum Gasteiger partial charge on any atom is -0.340 e. The lowest BCUT2D eigenvalue weighted by Gasteiger charge is -2.24. The monoisotopic (exact) mass is 403 g/mol. The molecule has 0 bridgehead atoms. The Kier molecular flexibility index (Phi) is 5.51. The van der Waals surface area contributed by atoms with Crippen LogP contribution in [0.15, 0.2) is 58.4 Å². The summed E-state index contributed by atoms with van der Waals surface area (Å²) >= 11 is 0. The maximum Gasteiger partial charge on any atom is 0.263 e. The van der Waals surface area contributed by atoms with Gasteiger partial charge >= 0.3 is 0 Å². The number of benzene rings is 2. The molecule has 6 nitrogen and oxygen atoms in total. The van der Waals surface area contributed by atoms with Crippen molar-refractivity contribution in [1.29, 1.82) is 0 Å². The molecule has 1 atom stereocenters. The van der Waals surface area contributed by atoms with Crippen molar-refractivity contribution in [2.24, 2.45) is 10.9 Å². The van der Waals surface area contributed by atoms with Crippen molar-refractivity contribution >= 4 is 21.8 Å². The Morgan fingerprint density at radius 1 is 1.18 bits per heavy atom. The molecule has 0 aromatic heterocycles. The van der Waals surface area contributed by atoms with Gasteiger partial charge in [0.1, 0.15) is 17.7 Å². The number of rotatable bonds is 5. The number of carbonyl (C=O) groups is 1. The van der Waals surface area contributed by atoms with E-state index in [9.17, 15) is 17.6 Å². The van der Waals surface area contributed by atoms with Gasteiger partial charge in [0.2, 0.25) is 5.91 Å². The summed E-state index contributed by atoms with van der Waals surface area (Å²) in [5, 5.41) is 0. The SMILES string of the molecule is CC(C)[C@H](N=C1NS(=O)(=O)c2ccccc21)C(=O)N(C)Cc1cccc(F)c1. The van der Waals surface area contributed by atoms with Crippen molar-refractivity contribution in [1.82, 2.24) is 9.62 Å². The zero-order chi connectivity index (χ0) is 20.5. The fourth-order valence-corrected chi connectivity index (χ4v) is 4.31. The van der Waals surface area contributed by atoms with Gasteiger partial charge in [0.15, 0.2) is 0 Å². The molecule has 2 aromatic carbocycles. The van der Waals surface area contributed by atoms with Gasteiger partial charge in [0.05, 0.1) is 4.90 Å². The Hall–Kier alpha value is -2.74. The van der Waals surface area contributed by atoms with Crippen molar-refractivity contribution in [3.63, 3.8) is 0 Å². The van der Waals surface area contributed by atoms with Crippen molar-refractivity contribution in [3.8, 4) is 0 Å². The van der Waals surface area contributed by atoms with Crippen LogP contribution < -0.4 is 4.72 Å². The number of aliphatic imine (C=N–C) groups is 1. The topological polar surface area (TPSA) is 78.8 Å². The first-order valence-electron chi connectivity index (χ1n) is 8.88. The van der Waals surface area contributed by atoms with Gasteiger partial charge < -0.3 is 4.90 Å². The van der Waals surface area contributed by atoms with Gasteiger partial charge in [0, 0.05) is 19.2 Å². The molecule has 2 aromatic rings. The molecule has 0 fully saturated rings. The molecule has 1 N–H and O–H groups in total. The highest BCUT2D eigenvalue weighted by atomic mass is 32.2. The number of fused-ring (bicyclic) bond motifs is 1. The van der Waals surface area contributed by atoms with Crippen molar-refractivity contribution < 1.29 is 17.6 Å². The third kappa shape index (κ3) is 4.06. The number of halogens is 1. The smallest absolute Gasteiger partial charge is 0.263 e. The zero-order valence-corrected chi connectivity index (χ0v) is 16.7. The minimum absolute atomic E-state index is 0.150. The maximum atomic E-state index is 13.4. The van der Waals surface area contributed by atoms with Crippen LogP contribution in [0.4, 0.5) is 4.39 Å². The van der Waals surface area contributed by atoms with Gasteiger partial charge in [-0.3, -0.25) is 14.5 Å². The lowest BCUT2D eigenvalue weighted by molar-refractivity contribution is -0.132.